The van der Waals surface area contributed by atoms with Crippen LogP contribution >= 0.6 is 0 Å². The molecule has 0 saturated heterocycles. The lowest BCUT2D eigenvalue weighted by atomic mass is 10.0. The SMILES string of the molecule is O=C(O)c1cccc(-c2cccc(-c3cccc(-c4cccc(C(=O)O)c4O)n3)n2)c1O. The van der Waals surface area contributed by atoms with Crippen LogP contribution in [-0.2, 0) is 0 Å². The minimum Gasteiger partial charge on any atom is -0.506 e. The highest BCUT2D eigenvalue weighted by molar-refractivity contribution is 5.94. The summed E-state index contributed by atoms with van der Waals surface area (Å²) in [5.74, 6) is -3.28. The number of benzene rings is 2. The van der Waals surface area contributed by atoms with Crippen LogP contribution in [0.15, 0.2) is 72.8 Å². The van der Waals surface area contributed by atoms with Gasteiger partial charge in [-0.1, -0.05) is 24.3 Å². The van der Waals surface area contributed by atoms with Gasteiger partial charge in [0.2, 0.25) is 0 Å². The van der Waals surface area contributed by atoms with Crippen molar-refractivity contribution >= 4 is 11.9 Å². The Kier molecular flexibility index (Phi) is 5.26. The number of aromatic hydroxyl groups is 2. The fourth-order valence-corrected chi connectivity index (χ4v) is 3.30. The lowest BCUT2D eigenvalue weighted by molar-refractivity contribution is 0.0682. The second-order valence-corrected chi connectivity index (χ2v) is 6.83. The van der Waals surface area contributed by atoms with Gasteiger partial charge in [-0.15, -0.1) is 0 Å². The normalized spacial score (nSPS) is 10.6. The van der Waals surface area contributed by atoms with Crippen molar-refractivity contribution in [3.8, 4) is 45.4 Å². The minimum absolute atomic E-state index is 0.233. The number of carbonyl (C=O) groups is 2. The third-order valence-electron chi connectivity index (χ3n) is 4.85. The van der Waals surface area contributed by atoms with Crippen LogP contribution in [0.1, 0.15) is 20.7 Å². The molecular formula is C24H16N2O6. The number of pyridine rings is 2. The molecule has 8 heteroatoms. The van der Waals surface area contributed by atoms with Crippen LogP contribution in [0.3, 0.4) is 0 Å². The van der Waals surface area contributed by atoms with Gasteiger partial charge in [-0.2, -0.15) is 0 Å². The number of nitrogens with zero attached hydrogens (tertiary/aromatic N) is 2. The molecule has 0 unspecified atom stereocenters. The molecule has 0 aliphatic carbocycles. The van der Waals surface area contributed by atoms with E-state index in [1.165, 1.54) is 24.3 Å². The monoisotopic (exact) mass is 428 g/mol. The molecule has 0 saturated carbocycles. The summed E-state index contributed by atoms with van der Waals surface area (Å²) >= 11 is 0. The molecule has 4 N–H and O–H groups in total. The molecule has 8 nitrogen and oxygen atoms in total. The zero-order valence-corrected chi connectivity index (χ0v) is 16.4. The van der Waals surface area contributed by atoms with Gasteiger partial charge >= 0.3 is 11.9 Å². The summed E-state index contributed by atoms with van der Waals surface area (Å²) in [7, 11) is 0. The summed E-state index contributed by atoms with van der Waals surface area (Å²) in [6.45, 7) is 0. The number of para-hydroxylation sites is 2. The largest absolute Gasteiger partial charge is 0.506 e. The van der Waals surface area contributed by atoms with Crippen molar-refractivity contribution in [1.29, 1.82) is 0 Å². The van der Waals surface area contributed by atoms with Gasteiger partial charge in [0.15, 0.2) is 0 Å². The number of carboxylic acid groups (broad SMARTS) is 2. The second kappa shape index (κ2) is 8.19. The van der Waals surface area contributed by atoms with Crippen molar-refractivity contribution in [1.82, 2.24) is 9.97 Å². The lowest BCUT2D eigenvalue weighted by Gasteiger charge is -2.10. The maximum absolute atomic E-state index is 11.3. The predicted molar refractivity (Wildman–Crippen MR) is 116 cm³/mol. The standard InChI is InChI=1S/C24H16N2O6/c27-21-13(5-1-7-15(21)23(29)30)17-9-3-11-19(25-17)20-12-4-10-18(26-20)14-6-2-8-16(22(14)28)24(31)32/h1-12,27-28H,(H,29,30)(H,31,32). The van der Waals surface area contributed by atoms with Gasteiger partial charge in [0, 0.05) is 11.1 Å². The first kappa shape index (κ1) is 20.5. The number of aromatic nitrogens is 2. The van der Waals surface area contributed by atoms with E-state index in [4.69, 9.17) is 0 Å². The van der Waals surface area contributed by atoms with Gasteiger partial charge in [0.1, 0.15) is 22.6 Å². The molecule has 158 valence electrons. The molecule has 0 spiro atoms. The predicted octanol–water partition coefficient (Wildman–Crippen LogP) is 4.29. The van der Waals surface area contributed by atoms with Crippen LogP contribution < -0.4 is 0 Å². The van der Waals surface area contributed by atoms with Crippen LogP contribution in [0.25, 0.3) is 33.9 Å². The van der Waals surface area contributed by atoms with E-state index in [0.717, 1.165) is 0 Å². The molecule has 0 fully saturated rings. The number of aromatic carboxylic acids is 2. The van der Waals surface area contributed by atoms with Gasteiger partial charge in [-0.05, 0) is 48.5 Å². The van der Waals surface area contributed by atoms with E-state index in [2.05, 4.69) is 9.97 Å². The first-order valence-electron chi connectivity index (χ1n) is 9.42. The van der Waals surface area contributed by atoms with Gasteiger partial charge in [0.05, 0.1) is 22.8 Å². The van der Waals surface area contributed by atoms with Crippen LogP contribution in [0.5, 0.6) is 11.5 Å². The zero-order valence-electron chi connectivity index (χ0n) is 16.4. The molecule has 0 atom stereocenters. The molecule has 0 bridgehead atoms. The van der Waals surface area contributed by atoms with Crippen LogP contribution in [0.4, 0.5) is 0 Å². The average Bonchev–Trinajstić information content (AvgIpc) is 2.79. The Labute approximate surface area is 181 Å². The zero-order chi connectivity index (χ0) is 22.8. The summed E-state index contributed by atoms with van der Waals surface area (Å²) in [6, 6.07) is 18.8. The number of carboxylic acids is 2. The average molecular weight is 428 g/mol. The Morgan fingerprint density at radius 3 is 1.25 bits per heavy atom. The van der Waals surface area contributed by atoms with Crippen LogP contribution in [0, 0.1) is 0 Å². The molecule has 0 radical (unpaired) electrons. The van der Waals surface area contributed by atoms with Crippen molar-refractivity contribution in [3.63, 3.8) is 0 Å². The fraction of sp³-hybridized carbons (Fsp3) is 0. The highest BCUT2D eigenvalue weighted by Crippen LogP contribution is 2.34. The Morgan fingerprint density at radius 1 is 0.531 bits per heavy atom. The lowest BCUT2D eigenvalue weighted by Crippen LogP contribution is -1.99. The maximum Gasteiger partial charge on any atom is 0.339 e. The quantitative estimate of drug-likeness (QED) is 0.369. The Hall–Kier alpha value is -4.72. The smallest absolute Gasteiger partial charge is 0.339 e. The van der Waals surface area contributed by atoms with Crippen molar-refractivity contribution in [2.24, 2.45) is 0 Å². The van der Waals surface area contributed by atoms with Gasteiger partial charge in [0.25, 0.3) is 0 Å². The van der Waals surface area contributed by atoms with Crippen LogP contribution in [0.2, 0.25) is 0 Å². The Balaban J connectivity index is 1.78. The third kappa shape index (κ3) is 3.72. The van der Waals surface area contributed by atoms with E-state index in [0.29, 0.717) is 22.8 Å². The van der Waals surface area contributed by atoms with E-state index in [-0.39, 0.29) is 33.8 Å². The number of rotatable bonds is 5. The molecule has 0 amide bonds. The molecule has 32 heavy (non-hydrogen) atoms. The van der Waals surface area contributed by atoms with E-state index in [1.807, 2.05) is 0 Å². The van der Waals surface area contributed by atoms with Gasteiger partial charge in [-0.3, -0.25) is 0 Å². The summed E-state index contributed by atoms with van der Waals surface area (Å²) in [4.78, 5) is 31.6. The van der Waals surface area contributed by atoms with E-state index in [9.17, 15) is 30.0 Å². The first-order chi connectivity index (χ1) is 15.4. The van der Waals surface area contributed by atoms with E-state index >= 15 is 0 Å². The van der Waals surface area contributed by atoms with Crippen molar-refractivity contribution in [3.05, 3.63) is 83.9 Å². The topological polar surface area (TPSA) is 141 Å². The first-order valence-corrected chi connectivity index (χ1v) is 9.42. The molecule has 2 aromatic heterocycles. The summed E-state index contributed by atoms with van der Waals surface area (Å²) in [6.07, 6.45) is 0. The molecule has 0 aliphatic heterocycles. The highest BCUT2D eigenvalue weighted by Gasteiger charge is 2.17. The molecular weight excluding hydrogens is 412 g/mol. The number of hydrogen-bond donors (Lipinski definition) is 4. The second-order valence-electron chi connectivity index (χ2n) is 6.83. The summed E-state index contributed by atoms with van der Waals surface area (Å²) in [5, 5.41) is 39.2. The summed E-state index contributed by atoms with van der Waals surface area (Å²) in [5.41, 5.74) is 1.64. The number of phenols is 2. The maximum atomic E-state index is 11.3. The number of hydrogen-bond acceptors (Lipinski definition) is 6. The Bertz CT molecular complexity index is 1260. The highest BCUT2D eigenvalue weighted by atomic mass is 16.4. The fourth-order valence-electron chi connectivity index (χ4n) is 3.30. The van der Waals surface area contributed by atoms with E-state index in [1.54, 1.807) is 48.5 Å². The van der Waals surface area contributed by atoms with Crippen molar-refractivity contribution < 1.29 is 30.0 Å². The Morgan fingerprint density at radius 2 is 0.875 bits per heavy atom. The third-order valence-corrected chi connectivity index (χ3v) is 4.85. The van der Waals surface area contributed by atoms with Crippen LogP contribution in [-0.4, -0.2) is 42.3 Å². The summed E-state index contributed by atoms with van der Waals surface area (Å²) < 4.78 is 0. The van der Waals surface area contributed by atoms with Crippen molar-refractivity contribution in [2.75, 3.05) is 0 Å². The molecule has 2 heterocycles. The van der Waals surface area contributed by atoms with E-state index < -0.39 is 11.9 Å². The molecule has 4 aromatic rings. The van der Waals surface area contributed by atoms with Gasteiger partial charge in [-0.25, -0.2) is 19.6 Å². The molecule has 0 aliphatic rings. The van der Waals surface area contributed by atoms with Crippen molar-refractivity contribution in [2.45, 2.75) is 0 Å². The molecule has 2 aromatic carbocycles. The minimum atomic E-state index is -1.25. The molecule has 4 rings (SSSR count). The van der Waals surface area contributed by atoms with Gasteiger partial charge < -0.3 is 20.4 Å².